The van der Waals surface area contributed by atoms with Crippen molar-refractivity contribution in [3.05, 3.63) is 41.6 Å². The molecule has 0 aliphatic heterocycles. The first kappa shape index (κ1) is 13.6. The molecule has 1 aromatic carbocycles. The molecular weight excluding hydrogens is 242 g/mol. The van der Waals surface area contributed by atoms with E-state index in [4.69, 9.17) is 5.26 Å². The maximum atomic E-state index is 13.2. The minimum atomic E-state index is -0.829. The molecule has 0 saturated carbocycles. The van der Waals surface area contributed by atoms with Gasteiger partial charge < -0.3 is 10.1 Å². The molecule has 0 saturated heterocycles. The minimum absolute atomic E-state index is 0.117. The highest BCUT2D eigenvalue weighted by Gasteiger charge is 2.10. The second-order valence-electron chi connectivity index (χ2n) is 3.16. The molecule has 0 aliphatic carbocycles. The van der Waals surface area contributed by atoms with Crippen molar-refractivity contribution in [1.29, 1.82) is 5.26 Å². The van der Waals surface area contributed by atoms with E-state index < -0.39 is 17.6 Å². The van der Waals surface area contributed by atoms with Crippen LogP contribution in [0.15, 0.2) is 30.0 Å². The van der Waals surface area contributed by atoms with Gasteiger partial charge >= 0.3 is 5.97 Å². The first-order chi connectivity index (χ1) is 8.58. The Hall–Kier alpha value is -2.42. The maximum absolute atomic E-state index is 13.2. The molecule has 1 aromatic rings. The van der Waals surface area contributed by atoms with Crippen LogP contribution in [0.5, 0.6) is 0 Å². The van der Waals surface area contributed by atoms with Crippen LogP contribution in [0.1, 0.15) is 6.92 Å². The zero-order chi connectivity index (χ0) is 13.5. The van der Waals surface area contributed by atoms with Crippen LogP contribution in [0.25, 0.3) is 0 Å². The SMILES string of the molecule is CCOC(=O)/C(C#N)=C\Nc1cc(F)ccc1F. The molecule has 6 heteroatoms. The van der Waals surface area contributed by atoms with Crippen LogP contribution in [0, 0.1) is 23.0 Å². The van der Waals surface area contributed by atoms with Crippen molar-refractivity contribution in [2.24, 2.45) is 0 Å². The molecule has 0 aromatic heterocycles. The molecule has 0 spiro atoms. The second kappa shape index (κ2) is 6.35. The van der Waals surface area contributed by atoms with Crippen LogP contribution in [0.2, 0.25) is 0 Å². The van der Waals surface area contributed by atoms with Crippen LogP contribution in [-0.2, 0) is 9.53 Å². The summed E-state index contributed by atoms with van der Waals surface area (Å²) in [6, 6.07) is 4.40. The van der Waals surface area contributed by atoms with Gasteiger partial charge in [-0.25, -0.2) is 13.6 Å². The maximum Gasteiger partial charge on any atom is 0.350 e. The van der Waals surface area contributed by atoms with E-state index >= 15 is 0 Å². The van der Waals surface area contributed by atoms with E-state index in [-0.39, 0.29) is 17.9 Å². The van der Waals surface area contributed by atoms with E-state index in [1.807, 2.05) is 0 Å². The predicted octanol–water partition coefficient (Wildman–Crippen LogP) is 2.35. The average molecular weight is 252 g/mol. The number of esters is 1. The lowest BCUT2D eigenvalue weighted by Crippen LogP contribution is -2.08. The second-order valence-corrected chi connectivity index (χ2v) is 3.16. The van der Waals surface area contributed by atoms with Gasteiger partial charge in [-0.3, -0.25) is 0 Å². The summed E-state index contributed by atoms with van der Waals surface area (Å²) in [5, 5.41) is 11.0. The van der Waals surface area contributed by atoms with Crippen LogP contribution >= 0.6 is 0 Å². The number of ether oxygens (including phenoxy) is 1. The lowest BCUT2D eigenvalue weighted by atomic mass is 10.3. The normalized spacial score (nSPS) is 10.7. The molecule has 0 amide bonds. The quantitative estimate of drug-likeness (QED) is 0.507. The Labute approximate surface area is 102 Å². The van der Waals surface area contributed by atoms with Gasteiger partial charge in [-0.05, 0) is 19.1 Å². The molecule has 94 valence electrons. The fourth-order valence-electron chi connectivity index (χ4n) is 1.10. The van der Waals surface area contributed by atoms with Crippen molar-refractivity contribution >= 4 is 11.7 Å². The van der Waals surface area contributed by atoms with Gasteiger partial charge in [-0.1, -0.05) is 0 Å². The number of rotatable bonds is 4. The highest BCUT2D eigenvalue weighted by Crippen LogP contribution is 2.15. The van der Waals surface area contributed by atoms with Gasteiger partial charge in [-0.15, -0.1) is 0 Å². The summed E-state index contributed by atoms with van der Waals surface area (Å²) in [5.74, 6) is -2.17. The molecule has 0 unspecified atom stereocenters. The fourth-order valence-corrected chi connectivity index (χ4v) is 1.10. The number of benzene rings is 1. The smallest absolute Gasteiger partial charge is 0.350 e. The molecule has 0 heterocycles. The van der Waals surface area contributed by atoms with E-state index in [9.17, 15) is 13.6 Å². The van der Waals surface area contributed by atoms with Gasteiger partial charge in [0.15, 0.2) is 5.57 Å². The predicted molar refractivity (Wildman–Crippen MR) is 60.3 cm³/mol. The Balaban J connectivity index is 2.87. The molecule has 0 aliphatic rings. The van der Waals surface area contributed by atoms with Gasteiger partial charge in [0, 0.05) is 12.3 Å². The first-order valence-electron chi connectivity index (χ1n) is 5.07. The Kier molecular flexibility index (Phi) is 4.81. The third-order valence-corrected chi connectivity index (χ3v) is 1.92. The molecule has 18 heavy (non-hydrogen) atoms. The number of nitriles is 1. The Morgan fingerprint density at radius 3 is 2.89 bits per heavy atom. The summed E-state index contributed by atoms with van der Waals surface area (Å²) in [4.78, 5) is 11.2. The molecule has 0 fully saturated rings. The summed E-state index contributed by atoms with van der Waals surface area (Å²) >= 11 is 0. The molecule has 0 atom stereocenters. The van der Waals surface area contributed by atoms with Crippen molar-refractivity contribution in [3.63, 3.8) is 0 Å². The molecule has 1 rings (SSSR count). The summed E-state index contributed by atoms with van der Waals surface area (Å²) in [7, 11) is 0. The van der Waals surface area contributed by atoms with Crippen LogP contribution in [0.3, 0.4) is 0 Å². The summed E-state index contributed by atoms with van der Waals surface area (Å²) in [6.45, 7) is 1.71. The molecule has 0 bridgehead atoms. The van der Waals surface area contributed by atoms with Crippen molar-refractivity contribution in [2.75, 3.05) is 11.9 Å². The average Bonchev–Trinajstić information content (AvgIpc) is 2.34. The van der Waals surface area contributed by atoms with E-state index in [1.54, 1.807) is 13.0 Å². The lowest BCUT2D eigenvalue weighted by Gasteiger charge is -2.04. The van der Waals surface area contributed by atoms with Crippen molar-refractivity contribution in [3.8, 4) is 6.07 Å². The number of carbonyl (C=O) groups is 1. The lowest BCUT2D eigenvalue weighted by molar-refractivity contribution is -0.138. The molecular formula is C12H10F2N2O2. The van der Waals surface area contributed by atoms with Crippen molar-refractivity contribution in [2.45, 2.75) is 6.92 Å². The fraction of sp³-hybridized carbons (Fsp3) is 0.167. The standard InChI is InChI=1S/C12H10F2N2O2/c1-2-18-12(17)8(6-15)7-16-11-5-9(13)3-4-10(11)14/h3-5,7,16H,2H2,1H3/b8-7-. The Morgan fingerprint density at radius 1 is 1.56 bits per heavy atom. The monoisotopic (exact) mass is 252 g/mol. The van der Waals surface area contributed by atoms with Gasteiger partial charge in [0.2, 0.25) is 0 Å². The number of halogens is 2. The van der Waals surface area contributed by atoms with Crippen LogP contribution in [0.4, 0.5) is 14.5 Å². The third kappa shape index (κ3) is 3.56. The zero-order valence-electron chi connectivity index (χ0n) is 9.54. The van der Waals surface area contributed by atoms with Gasteiger partial charge in [-0.2, -0.15) is 5.26 Å². The number of nitrogens with zero attached hydrogens (tertiary/aromatic N) is 1. The number of anilines is 1. The number of hydrogen-bond acceptors (Lipinski definition) is 4. The molecule has 0 radical (unpaired) electrons. The highest BCUT2D eigenvalue weighted by atomic mass is 19.1. The Bertz CT molecular complexity index is 521. The number of carbonyl (C=O) groups excluding carboxylic acids is 1. The zero-order valence-corrected chi connectivity index (χ0v) is 9.54. The first-order valence-corrected chi connectivity index (χ1v) is 5.07. The molecule has 1 N–H and O–H groups in total. The van der Waals surface area contributed by atoms with Gasteiger partial charge in [0.25, 0.3) is 0 Å². The van der Waals surface area contributed by atoms with E-state index in [2.05, 4.69) is 10.1 Å². The van der Waals surface area contributed by atoms with Crippen LogP contribution < -0.4 is 5.32 Å². The summed E-state index contributed by atoms with van der Waals surface area (Å²) in [6.07, 6.45) is 0.968. The summed E-state index contributed by atoms with van der Waals surface area (Å²) < 4.78 is 30.7. The van der Waals surface area contributed by atoms with Crippen LogP contribution in [-0.4, -0.2) is 12.6 Å². The highest BCUT2D eigenvalue weighted by molar-refractivity contribution is 5.93. The minimum Gasteiger partial charge on any atom is -0.462 e. The number of hydrogen-bond donors (Lipinski definition) is 1. The van der Waals surface area contributed by atoms with Gasteiger partial charge in [0.05, 0.1) is 12.3 Å². The van der Waals surface area contributed by atoms with E-state index in [0.29, 0.717) is 0 Å². The molecule has 4 nitrogen and oxygen atoms in total. The number of nitrogens with one attached hydrogen (secondary N) is 1. The van der Waals surface area contributed by atoms with E-state index in [0.717, 1.165) is 24.4 Å². The topological polar surface area (TPSA) is 62.1 Å². The Morgan fingerprint density at radius 2 is 2.28 bits per heavy atom. The summed E-state index contributed by atoms with van der Waals surface area (Å²) in [5.41, 5.74) is -0.507. The largest absolute Gasteiger partial charge is 0.462 e. The van der Waals surface area contributed by atoms with Gasteiger partial charge in [0.1, 0.15) is 17.7 Å². The third-order valence-electron chi connectivity index (χ3n) is 1.92. The van der Waals surface area contributed by atoms with Crippen molar-refractivity contribution < 1.29 is 18.3 Å². The van der Waals surface area contributed by atoms with Crippen molar-refractivity contribution in [1.82, 2.24) is 0 Å². The van der Waals surface area contributed by atoms with E-state index in [1.165, 1.54) is 0 Å².